The quantitative estimate of drug-likeness (QED) is 0.143. The molecule has 8 rings (SSSR count). The molecular formula is C44H72O13. The van der Waals surface area contributed by atoms with Gasteiger partial charge in [0.2, 0.25) is 0 Å². The number of ether oxygens (including phenoxy) is 5. The van der Waals surface area contributed by atoms with Gasteiger partial charge in [0.1, 0.15) is 42.7 Å². The Labute approximate surface area is 338 Å². The van der Waals surface area contributed by atoms with Crippen molar-refractivity contribution in [3.63, 3.8) is 0 Å². The predicted octanol–water partition coefficient (Wildman–Crippen LogP) is 2.27. The van der Waals surface area contributed by atoms with E-state index in [0.717, 1.165) is 51.6 Å². The van der Waals surface area contributed by atoms with E-state index in [1.807, 2.05) is 0 Å². The van der Waals surface area contributed by atoms with Gasteiger partial charge < -0.3 is 64.5 Å². The molecule has 326 valence electrons. The second kappa shape index (κ2) is 14.9. The van der Waals surface area contributed by atoms with Crippen LogP contribution in [0.3, 0.4) is 0 Å². The highest BCUT2D eigenvalue weighted by molar-refractivity contribution is 5.26. The third kappa shape index (κ3) is 6.49. The molecule has 5 aliphatic carbocycles. The maximum Gasteiger partial charge on any atom is 0.187 e. The van der Waals surface area contributed by atoms with E-state index in [1.54, 1.807) is 6.92 Å². The Morgan fingerprint density at radius 3 is 2.11 bits per heavy atom. The second-order valence-electron chi connectivity index (χ2n) is 21.6. The molecule has 4 unspecified atom stereocenters. The summed E-state index contributed by atoms with van der Waals surface area (Å²) >= 11 is 0. The number of fused-ring (bicyclic) bond motifs is 6. The molecule has 0 aromatic rings. The Balaban J connectivity index is 1.04. The number of rotatable bonds is 6. The molecule has 8 aliphatic rings. The molecule has 3 heterocycles. The summed E-state index contributed by atoms with van der Waals surface area (Å²) in [6.07, 6.45) is -2.85. The number of hydrogen-bond acceptors (Lipinski definition) is 13. The number of aliphatic hydroxyl groups excluding tert-OH is 8. The van der Waals surface area contributed by atoms with Crippen molar-refractivity contribution < 1.29 is 64.5 Å². The lowest BCUT2D eigenvalue weighted by Gasteiger charge is -2.70. The van der Waals surface area contributed by atoms with Crippen LogP contribution in [0.25, 0.3) is 0 Å². The fraction of sp³-hybridized carbons (Fsp3) is 0.955. The molecule has 4 saturated carbocycles. The minimum absolute atomic E-state index is 0.0514. The van der Waals surface area contributed by atoms with Crippen LogP contribution in [0, 0.1) is 62.6 Å². The summed E-state index contributed by atoms with van der Waals surface area (Å²) in [7, 11) is 0. The maximum absolute atomic E-state index is 12.2. The SMILES string of the molecule is C[C@H]1O[C@@H](O[C@H]2CC[C@@]3(C)[C@@H](CC[C@]4(C)[C@@H]3C=CC3C5OCC6C(CCC(C)(C)C[C@H]65)[C@H](O)C[C@]34C)[C@]2(C)CO)[C@H](O)[C@@H](O[C@@H]2O[C@H](CO)[C@@H](O)[C@H](O)[C@H]2O)[C@H]1O. The van der Waals surface area contributed by atoms with Gasteiger partial charge in [0, 0.05) is 11.3 Å². The molecule has 0 aromatic heterocycles. The van der Waals surface area contributed by atoms with E-state index in [2.05, 4.69) is 53.7 Å². The van der Waals surface area contributed by atoms with Crippen molar-refractivity contribution in [1.29, 1.82) is 0 Å². The lowest BCUT2D eigenvalue weighted by Crippen LogP contribution is -2.67. The lowest BCUT2D eigenvalue weighted by atomic mass is 9.35. The first-order valence-corrected chi connectivity index (χ1v) is 22.0. The summed E-state index contributed by atoms with van der Waals surface area (Å²) < 4.78 is 31.0. The molecule has 13 heteroatoms. The van der Waals surface area contributed by atoms with Gasteiger partial charge in [-0.05, 0) is 110 Å². The van der Waals surface area contributed by atoms with Crippen LogP contribution < -0.4 is 0 Å². The molecule has 7 fully saturated rings. The molecule has 23 atom stereocenters. The van der Waals surface area contributed by atoms with Crippen LogP contribution in [0.5, 0.6) is 0 Å². The number of hydrogen-bond donors (Lipinski definition) is 8. The molecule has 8 N–H and O–H groups in total. The molecule has 0 spiro atoms. The molecule has 57 heavy (non-hydrogen) atoms. The van der Waals surface area contributed by atoms with Crippen molar-refractivity contribution in [2.75, 3.05) is 19.8 Å². The third-order valence-corrected chi connectivity index (χ3v) is 18.2. The predicted molar refractivity (Wildman–Crippen MR) is 206 cm³/mol. The smallest absolute Gasteiger partial charge is 0.187 e. The van der Waals surface area contributed by atoms with Gasteiger partial charge in [-0.1, -0.05) is 53.7 Å². The summed E-state index contributed by atoms with van der Waals surface area (Å²) in [5.41, 5.74) is -1.06. The molecule has 3 aliphatic heterocycles. The molecular weight excluding hydrogens is 736 g/mol. The fourth-order valence-corrected chi connectivity index (χ4v) is 14.6. The monoisotopic (exact) mass is 808 g/mol. The fourth-order valence-electron chi connectivity index (χ4n) is 14.6. The second-order valence-corrected chi connectivity index (χ2v) is 21.6. The maximum atomic E-state index is 12.2. The van der Waals surface area contributed by atoms with Gasteiger partial charge in [0.05, 0.1) is 44.2 Å². The normalized spacial score (nSPS) is 58.4. The summed E-state index contributed by atoms with van der Waals surface area (Å²) in [5, 5.41) is 87.3. The van der Waals surface area contributed by atoms with E-state index < -0.39 is 79.5 Å². The third-order valence-electron chi connectivity index (χ3n) is 18.2. The van der Waals surface area contributed by atoms with Gasteiger partial charge in [-0.2, -0.15) is 0 Å². The van der Waals surface area contributed by atoms with Gasteiger partial charge in [0.15, 0.2) is 12.6 Å². The summed E-state index contributed by atoms with van der Waals surface area (Å²) in [6, 6.07) is 0. The van der Waals surface area contributed by atoms with Crippen molar-refractivity contribution in [2.24, 2.45) is 62.6 Å². The molecule has 3 saturated heterocycles. The van der Waals surface area contributed by atoms with Crippen molar-refractivity contribution in [3.05, 3.63) is 12.2 Å². The highest BCUT2D eigenvalue weighted by atomic mass is 16.7. The van der Waals surface area contributed by atoms with E-state index in [1.165, 1.54) is 0 Å². The topological polar surface area (TPSA) is 208 Å². The Kier molecular flexibility index (Phi) is 11.2. The first kappa shape index (κ1) is 42.9. The van der Waals surface area contributed by atoms with E-state index in [0.29, 0.717) is 18.3 Å². The summed E-state index contributed by atoms with van der Waals surface area (Å²) in [5.74, 6) is 1.50. The zero-order valence-electron chi connectivity index (χ0n) is 35.0. The number of aliphatic hydroxyl groups is 8. The van der Waals surface area contributed by atoms with Crippen LogP contribution in [-0.2, 0) is 23.7 Å². The minimum atomic E-state index is -1.72. The molecule has 0 radical (unpaired) electrons. The van der Waals surface area contributed by atoms with Crippen LogP contribution >= 0.6 is 0 Å². The largest absolute Gasteiger partial charge is 0.396 e. The molecule has 0 amide bonds. The van der Waals surface area contributed by atoms with E-state index in [9.17, 15) is 40.9 Å². The van der Waals surface area contributed by atoms with E-state index in [-0.39, 0.29) is 64.1 Å². The van der Waals surface area contributed by atoms with Crippen LogP contribution in [-0.4, -0.2) is 140 Å². The Bertz CT molecular complexity index is 1490. The lowest BCUT2D eigenvalue weighted by molar-refractivity contribution is -0.367. The van der Waals surface area contributed by atoms with Crippen LogP contribution in [0.15, 0.2) is 12.2 Å². The van der Waals surface area contributed by atoms with Crippen LogP contribution in [0.4, 0.5) is 0 Å². The average Bonchev–Trinajstić information content (AvgIpc) is 3.49. The first-order chi connectivity index (χ1) is 26.7. The Morgan fingerprint density at radius 2 is 1.40 bits per heavy atom. The first-order valence-electron chi connectivity index (χ1n) is 22.0. The van der Waals surface area contributed by atoms with Gasteiger partial charge in [-0.15, -0.1) is 0 Å². The van der Waals surface area contributed by atoms with Crippen molar-refractivity contribution in [1.82, 2.24) is 0 Å². The van der Waals surface area contributed by atoms with E-state index >= 15 is 0 Å². The van der Waals surface area contributed by atoms with Crippen molar-refractivity contribution in [3.8, 4) is 0 Å². The standard InChI is InChI=1S/C44H72O13/c1-21-31(48)37(57-38-34(51)33(50)32(49)27(18-45)55-38)35(52)39(54-21)56-30-12-14-41(4)28(42(30,5)20-46)11-15-43(6)29(41)9-8-25-36-23-16-40(2,3)13-10-22(24(23)19-53-36)26(47)17-44(25,43)7/h8-9,21-39,45-52H,10-20H2,1-7H3/t21-,22?,23-,24?,25?,26-,27-,28-,29-,30+,31+,32-,33+,34-,35-,36?,37+,38+,39+,41+,42+,43-,44-/m1/s1. The molecule has 0 aromatic carbocycles. The zero-order chi connectivity index (χ0) is 41.2. The van der Waals surface area contributed by atoms with Crippen LogP contribution in [0.1, 0.15) is 99.8 Å². The van der Waals surface area contributed by atoms with Gasteiger partial charge in [0.25, 0.3) is 0 Å². The van der Waals surface area contributed by atoms with Crippen LogP contribution in [0.2, 0.25) is 0 Å². The van der Waals surface area contributed by atoms with Gasteiger partial charge in [-0.25, -0.2) is 0 Å². The molecule has 4 bridgehead atoms. The summed E-state index contributed by atoms with van der Waals surface area (Å²) in [6.45, 7) is 15.7. The highest BCUT2D eigenvalue weighted by Crippen LogP contribution is 2.73. The van der Waals surface area contributed by atoms with Crippen molar-refractivity contribution in [2.45, 2.75) is 180 Å². The Morgan fingerprint density at radius 1 is 0.684 bits per heavy atom. The Hall–Kier alpha value is -0.780. The average molecular weight is 809 g/mol. The van der Waals surface area contributed by atoms with Crippen molar-refractivity contribution >= 4 is 0 Å². The number of allylic oxidation sites excluding steroid dienone is 1. The van der Waals surface area contributed by atoms with E-state index in [4.69, 9.17) is 23.7 Å². The van der Waals surface area contributed by atoms with Gasteiger partial charge >= 0.3 is 0 Å². The van der Waals surface area contributed by atoms with Gasteiger partial charge in [-0.3, -0.25) is 0 Å². The molecule has 13 nitrogen and oxygen atoms in total. The summed E-state index contributed by atoms with van der Waals surface area (Å²) in [4.78, 5) is 0. The minimum Gasteiger partial charge on any atom is -0.396 e. The highest BCUT2D eigenvalue weighted by Gasteiger charge is 2.70. The zero-order valence-corrected chi connectivity index (χ0v) is 35.0.